The Bertz CT molecular complexity index is 944. The molecule has 2 aromatic carbocycles. The van der Waals surface area contributed by atoms with Crippen molar-refractivity contribution in [2.45, 2.75) is 39.7 Å². The second kappa shape index (κ2) is 11.5. The van der Waals surface area contributed by atoms with Crippen LogP contribution >= 0.6 is 0 Å². The van der Waals surface area contributed by atoms with Crippen molar-refractivity contribution in [3.63, 3.8) is 0 Å². The van der Waals surface area contributed by atoms with Gasteiger partial charge >= 0.3 is 0 Å². The van der Waals surface area contributed by atoms with Crippen molar-refractivity contribution < 1.29 is 19.1 Å². The standard InChI is InChI=1S/C26H33N3O4/c1-4-33-22-14-12-19(13-15-22)24(30)28-23(18(2)3)26(32)29-16-8-9-20(17-29)25(31)27-21-10-6-5-7-11-21/h5-7,10-15,18,20,23H,4,8-9,16-17H2,1-3H3,(H,27,31)(H,28,30)/t20?,23-/m0/s1. The summed E-state index contributed by atoms with van der Waals surface area (Å²) < 4.78 is 5.42. The number of nitrogens with zero attached hydrogens (tertiary/aromatic N) is 1. The van der Waals surface area contributed by atoms with Crippen molar-refractivity contribution in [2.75, 3.05) is 25.0 Å². The van der Waals surface area contributed by atoms with Crippen LogP contribution in [0.4, 0.5) is 5.69 Å². The van der Waals surface area contributed by atoms with Gasteiger partial charge in [0.1, 0.15) is 11.8 Å². The highest BCUT2D eigenvalue weighted by Crippen LogP contribution is 2.21. The maximum atomic E-state index is 13.3. The van der Waals surface area contributed by atoms with E-state index in [1.807, 2.05) is 51.1 Å². The van der Waals surface area contributed by atoms with Gasteiger partial charge in [0.2, 0.25) is 11.8 Å². The van der Waals surface area contributed by atoms with E-state index in [4.69, 9.17) is 4.74 Å². The van der Waals surface area contributed by atoms with Crippen molar-refractivity contribution in [3.8, 4) is 5.75 Å². The van der Waals surface area contributed by atoms with Crippen LogP contribution in [0.1, 0.15) is 44.0 Å². The van der Waals surface area contributed by atoms with Crippen LogP contribution in [-0.2, 0) is 9.59 Å². The van der Waals surface area contributed by atoms with Gasteiger partial charge in [-0.05, 0) is 62.1 Å². The number of ether oxygens (including phenoxy) is 1. The van der Waals surface area contributed by atoms with E-state index < -0.39 is 6.04 Å². The number of rotatable bonds is 8. The highest BCUT2D eigenvalue weighted by atomic mass is 16.5. The van der Waals surface area contributed by atoms with Gasteiger partial charge < -0.3 is 20.3 Å². The molecule has 33 heavy (non-hydrogen) atoms. The summed E-state index contributed by atoms with van der Waals surface area (Å²) in [5, 5.41) is 5.83. The van der Waals surface area contributed by atoms with E-state index in [-0.39, 0.29) is 29.6 Å². The fourth-order valence-corrected chi connectivity index (χ4v) is 3.96. The first-order valence-electron chi connectivity index (χ1n) is 11.6. The number of likely N-dealkylation sites (tertiary alicyclic amines) is 1. The molecule has 1 saturated heterocycles. The predicted molar refractivity (Wildman–Crippen MR) is 128 cm³/mol. The minimum Gasteiger partial charge on any atom is -0.494 e. The van der Waals surface area contributed by atoms with Crippen molar-refractivity contribution in [1.82, 2.24) is 10.2 Å². The topological polar surface area (TPSA) is 87.7 Å². The van der Waals surface area contributed by atoms with Crippen molar-refractivity contribution in [1.29, 1.82) is 0 Å². The molecular weight excluding hydrogens is 418 g/mol. The lowest BCUT2D eigenvalue weighted by atomic mass is 9.94. The molecule has 3 amide bonds. The Morgan fingerprint density at radius 2 is 1.76 bits per heavy atom. The van der Waals surface area contributed by atoms with Crippen LogP contribution in [0.3, 0.4) is 0 Å². The maximum absolute atomic E-state index is 13.3. The largest absolute Gasteiger partial charge is 0.494 e. The fourth-order valence-electron chi connectivity index (χ4n) is 3.96. The predicted octanol–water partition coefficient (Wildman–Crippen LogP) is 3.72. The smallest absolute Gasteiger partial charge is 0.251 e. The molecule has 1 aliphatic heterocycles. The summed E-state index contributed by atoms with van der Waals surface area (Å²) in [6.07, 6.45) is 1.48. The van der Waals surface area contributed by atoms with E-state index >= 15 is 0 Å². The monoisotopic (exact) mass is 451 g/mol. The first-order valence-corrected chi connectivity index (χ1v) is 11.6. The number of hydrogen-bond donors (Lipinski definition) is 2. The number of nitrogens with one attached hydrogen (secondary N) is 2. The van der Waals surface area contributed by atoms with Gasteiger partial charge in [0.25, 0.3) is 5.91 Å². The molecule has 3 rings (SSSR count). The second-order valence-corrected chi connectivity index (χ2v) is 8.63. The van der Waals surface area contributed by atoms with Gasteiger partial charge in [0.05, 0.1) is 12.5 Å². The maximum Gasteiger partial charge on any atom is 0.251 e. The third-order valence-electron chi connectivity index (χ3n) is 5.79. The second-order valence-electron chi connectivity index (χ2n) is 8.63. The minimum atomic E-state index is -0.667. The quantitative estimate of drug-likeness (QED) is 0.640. The molecule has 1 heterocycles. The number of benzene rings is 2. The number of hydrogen-bond acceptors (Lipinski definition) is 4. The van der Waals surface area contributed by atoms with E-state index in [0.717, 1.165) is 18.5 Å². The summed E-state index contributed by atoms with van der Waals surface area (Å²) in [6.45, 7) is 7.19. The summed E-state index contributed by atoms with van der Waals surface area (Å²) in [6, 6.07) is 15.5. The van der Waals surface area contributed by atoms with Gasteiger partial charge in [-0.3, -0.25) is 14.4 Å². The number of carbonyl (C=O) groups is 3. The zero-order chi connectivity index (χ0) is 23.8. The molecular formula is C26H33N3O4. The lowest BCUT2D eigenvalue weighted by Crippen LogP contribution is -2.54. The number of para-hydroxylation sites is 1. The Labute approximate surface area is 195 Å². The van der Waals surface area contributed by atoms with Crippen LogP contribution in [0.5, 0.6) is 5.75 Å². The number of carbonyl (C=O) groups excluding carboxylic acids is 3. The van der Waals surface area contributed by atoms with Crippen LogP contribution in [0.25, 0.3) is 0 Å². The molecule has 176 valence electrons. The summed E-state index contributed by atoms with van der Waals surface area (Å²) in [4.78, 5) is 40.6. The van der Waals surface area contributed by atoms with Crippen molar-refractivity contribution in [3.05, 3.63) is 60.2 Å². The Morgan fingerprint density at radius 1 is 1.06 bits per heavy atom. The number of amides is 3. The summed E-state index contributed by atoms with van der Waals surface area (Å²) >= 11 is 0. The molecule has 7 heteroatoms. The third-order valence-corrected chi connectivity index (χ3v) is 5.79. The molecule has 1 aliphatic rings. The molecule has 2 atom stereocenters. The summed E-state index contributed by atoms with van der Waals surface area (Å²) in [5.74, 6) is -0.223. The van der Waals surface area contributed by atoms with E-state index in [2.05, 4.69) is 10.6 Å². The molecule has 2 N–H and O–H groups in total. The van der Waals surface area contributed by atoms with E-state index in [9.17, 15) is 14.4 Å². The highest BCUT2D eigenvalue weighted by molar-refractivity contribution is 5.98. The number of piperidine rings is 1. The zero-order valence-corrected chi connectivity index (χ0v) is 19.5. The summed E-state index contributed by atoms with van der Waals surface area (Å²) in [7, 11) is 0. The molecule has 0 aromatic heterocycles. The fraction of sp³-hybridized carbons (Fsp3) is 0.423. The van der Waals surface area contributed by atoms with Crippen LogP contribution in [-0.4, -0.2) is 48.4 Å². The molecule has 0 spiro atoms. The SMILES string of the molecule is CCOc1ccc(C(=O)N[C@H](C(=O)N2CCCC(C(=O)Nc3ccccc3)C2)C(C)C)cc1. The van der Waals surface area contributed by atoms with Crippen LogP contribution in [0, 0.1) is 11.8 Å². The van der Waals surface area contributed by atoms with Crippen molar-refractivity contribution >= 4 is 23.4 Å². The average molecular weight is 452 g/mol. The highest BCUT2D eigenvalue weighted by Gasteiger charge is 2.34. The zero-order valence-electron chi connectivity index (χ0n) is 19.5. The molecule has 1 fully saturated rings. The van der Waals surface area contributed by atoms with E-state index in [1.165, 1.54) is 0 Å². The first kappa shape index (κ1) is 24.3. The minimum absolute atomic E-state index is 0.0850. The Kier molecular flexibility index (Phi) is 8.46. The van der Waals surface area contributed by atoms with Crippen LogP contribution < -0.4 is 15.4 Å². The first-order chi connectivity index (χ1) is 15.9. The molecule has 1 unspecified atom stereocenters. The van der Waals surface area contributed by atoms with Crippen LogP contribution in [0.2, 0.25) is 0 Å². The van der Waals surface area contributed by atoms with Gasteiger partial charge in [-0.2, -0.15) is 0 Å². The van der Waals surface area contributed by atoms with Gasteiger partial charge in [0, 0.05) is 24.3 Å². The summed E-state index contributed by atoms with van der Waals surface area (Å²) in [5.41, 5.74) is 1.21. The lowest BCUT2D eigenvalue weighted by Gasteiger charge is -2.35. The van der Waals surface area contributed by atoms with Crippen molar-refractivity contribution in [2.24, 2.45) is 11.8 Å². The molecule has 0 bridgehead atoms. The van der Waals surface area contributed by atoms with Gasteiger partial charge in [-0.15, -0.1) is 0 Å². The normalized spacial score (nSPS) is 16.7. The van der Waals surface area contributed by atoms with Gasteiger partial charge in [0.15, 0.2) is 0 Å². The van der Waals surface area contributed by atoms with Gasteiger partial charge in [-0.25, -0.2) is 0 Å². The molecule has 2 aromatic rings. The Hall–Kier alpha value is -3.35. The Balaban J connectivity index is 1.63. The van der Waals surface area contributed by atoms with Gasteiger partial charge in [-0.1, -0.05) is 32.0 Å². The molecule has 0 aliphatic carbocycles. The molecule has 7 nitrogen and oxygen atoms in total. The van der Waals surface area contributed by atoms with E-state index in [0.29, 0.717) is 31.0 Å². The average Bonchev–Trinajstić information content (AvgIpc) is 2.83. The van der Waals surface area contributed by atoms with Crippen LogP contribution in [0.15, 0.2) is 54.6 Å². The molecule has 0 radical (unpaired) electrons. The Morgan fingerprint density at radius 3 is 2.39 bits per heavy atom. The van der Waals surface area contributed by atoms with E-state index in [1.54, 1.807) is 29.2 Å². The number of anilines is 1. The molecule has 0 saturated carbocycles. The third kappa shape index (κ3) is 6.57. The lowest BCUT2D eigenvalue weighted by molar-refractivity contribution is -0.137.